The van der Waals surface area contributed by atoms with Gasteiger partial charge in [0.25, 0.3) is 0 Å². The zero-order valence-corrected chi connectivity index (χ0v) is 7.71. The number of aliphatic hydroxyl groups is 1. The van der Waals surface area contributed by atoms with Crippen LogP contribution in [-0.2, 0) is 0 Å². The first kappa shape index (κ1) is 10.5. The third kappa shape index (κ3) is 9.54. The molecular formula is C10H20O. The van der Waals surface area contributed by atoms with E-state index < -0.39 is 0 Å². The van der Waals surface area contributed by atoms with Gasteiger partial charge >= 0.3 is 0 Å². The van der Waals surface area contributed by atoms with E-state index in [1.807, 2.05) is 6.08 Å². The molecule has 1 heteroatoms. The van der Waals surface area contributed by atoms with E-state index in [9.17, 15) is 0 Å². The van der Waals surface area contributed by atoms with Crippen molar-refractivity contribution in [2.75, 3.05) is 0 Å². The van der Waals surface area contributed by atoms with E-state index in [0.29, 0.717) is 0 Å². The van der Waals surface area contributed by atoms with E-state index in [1.54, 1.807) is 0 Å². The minimum atomic E-state index is 0.836. The quantitative estimate of drug-likeness (QED) is 0.459. The van der Waals surface area contributed by atoms with Crippen LogP contribution in [0.1, 0.15) is 46.0 Å². The highest BCUT2D eigenvalue weighted by Crippen LogP contribution is 2.09. The summed E-state index contributed by atoms with van der Waals surface area (Å²) in [4.78, 5) is 0. The number of hydrogen-bond donors (Lipinski definition) is 1. The van der Waals surface area contributed by atoms with Crippen LogP contribution in [0.25, 0.3) is 0 Å². The fourth-order valence-corrected chi connectivity index (χ4v) is 1.07. The summed E-state index contributed by atoms with van der Waals surface area (Å²) in [6.45, 7) is 4.52. The van der Waals surface area contributed by atoms with Gasteiger partial charge in [0, 0.05) is 0 Å². The van der Waals surface area contributed by atoms with Gasteiger partial charge in [-0.25, -0.2) is 0 Å². The van der Waals surface area contributed by atoms with E-state index in [2.05, 4.69) is 13.8 Å². The Balaban J connectivity index is 2.91. The van der Waals surface area contributed by atoms with E-state index >= 15 is 0 Å². The molecule has 0 amide bonds. The summed E-state index contributed by atoms with van der Waals surface area (Å²) in [5.41, 5.74) is 0. The van der Waals surface area contributed by atoms with Gasteiger partial charge in [0.15, 0.2) is 0 Å². The van der Waals surface area contributed by atoms with E-state index in [0.717, 1.165) is 18.6 Å². The predicted molar refractivity (Wildman–Crippen MR) is 49.7 cm³/mol. The van der Waals surface area contributed by atoms with Crippen LogP contribution < -0.4 is 0 Å². The first-order valence-corrected chi connectivity index (χ1v) is 4.56. The van der Waals surface area contributed by atoms with Crippen LogP contribution in [0.4, 0.5) is 0 Å². The summed E-state index contributed by atoms with van der Waals surface area (Å²) in [5, 5.41) is 8.33. The zero-order valence-electron chi connectivity index (χ0n) is 7.71. The molecule has 1 nitrogen and oxygen atoms in total. The van der Waals surface area contributed by atoms with Crippen LogP contribution in [0.3, 0.4) is 0 Å². The van der Waals surface area contributed by atoms with Gasteiger partial charge < -0.3 is 5.11 Å². The SMILES string of the molecule is CC(C)CCCCCC=CO. The van der Waals surface area contributed by atoms with Crippen molar-refractivity contribution < 1.29 is 5.11 Å². The van der Waals surface area contributed by atoms with E-state index in [1.165, 1.54) is 25.7 Å². The van der Waals surface area contributed by atoms with E-state index in [4.69, 9.17) is 5.11 Å². The Hall–Kier alpha value is -0.460. The van der Waals surface area contributed by atoms with Crippen molar-refractivity contribution in [3.05, 3.63) is 12.3 Å². The normalized spacial score (nSPS) is 11.5. The molecule has 0 unspecified atom stereocenters. The number of rotatable bonds is 6. The Kier molecular flexibility index (Phi) is 7.33. The lowest BCUT2D eigenvalue weighted by Crippen LogP contribution is -1.86. The Morgan fingerprint density at radius 3 is 2.45 bits per heavy atom. The Morgan fingerprint density at radius 2 is 1.91 bits per heavy atom. The average Bonchev–Trinajstić information content (AvgIpc) is 1.96. The lowest BCUT2D eigenvalue weighted by Gasteiger charge is -2.02. The van der Waals surface area contributed by atoms with Gasteiger partial charge in [-0.3, -0.25) is 0 Å². The van der Waals surface area contributed by atoms with Crippen LogP contribution in [0.15, 0.2) is 12.3 Å². The summed E-state index contributed by atoms with van der Waals surface area (Å²) in [6.07, 6.45) is 9.15. The van der Waals surface area contributed by atoms with Crippen molar-refractivity contribution in [2.45, 2.75) is 46.0 Å². The number of unbranched alkanes of at least 4 members (excludes halogenated alkanes) is 3. The summed E-state index contributed by atoms with van der Waals surface area (Å²) in [6, 6.07) is 0. The molecule has 0 aromatic heterocycles. The molecule has 0 fully saturated rings. The third-order valence-electron chi connectivity index (χ3n) is 1.76. The van der Waals surface area contributed by atoms with Crippen LogP contribution in [-0.4, -0.2) is 5.11 Å². The summed E-state index contributed by atoms with van der Waals surface area (Å²) < 4.78 is 0. The second-order valence-electron chi connectivity index (χ2n) is 3.42. The maximum atomic E-state index is 8.33. The molecule has 0 aliphatic rings. The second-order valence-corrected chi connectivity index (χ2v) is 3.42. The average molecular weight is 156 g/mol. The number of aliphatic hydroxyl groups excluding tert-OH is 1. The molecule has 0 bridgehead atoms. The van der Waals surface area contributed by atoms with Crippen molar-refractivity contribution in [1.29, 1.82) is 0 Å². The smallest absolute Gasteiger partial charge is 0.0751 e. The van der Waals surface area contributed by atoms with Gasteiger partial charge in [-0.1, -0.05) is 39.2 Å². The van der Waals surface area contributed by atoms with Gasteiger partial charge in [-0.05, 0) is 18.8 Å². The monoisotopic (exact) mass is 156 g/mol. The van der Waals surface area contributed by atoms with Crippen molar-refractivity contribution in [3.63, 3.8) is 0 Å². The zero-order chi connectivity index (χ0) is 8.53. The van der Waals surface area contributed by atoms with Crippen LogP contribution in [0, 0.1) is 5.92 Å². The molecule has 66 valence electrons. The molecule has 0 rings (SSSR count). The number of hydrogen-bond acceptors (Lipinski definition) is 1. The highest BCUT2D eigenvalue weighted by Gasteiger charge is 1.92. The van der Waals surface area contributed by atoms with Crippen molar-refractivity contribution >= 4 is 0 Å². The standard InChI is InChI=1S/C10H20O/c1-10(2)8-6-4-3-5-7-9-11/h7,9-11H,3-6,8H2,1-2H3. The third-order valence-corrected chi connectivity index (χ3v) is 1.76. The molecular weight excluding hydrogens is 136 g/mol. The molecule has 0 heterocycles. The fourth-order valence-electron chi connectivity index (χ4n) is 1.07. The van der Waals surface area contributed by atoms with Crippen molar-refractivity contribution in [3.8, 4) is 0 Å². The van der Waals surface area contributed by atoms with Gasteiger partial charge in [-0.2, -0.15) is 0 Å². The molecule has 1 N–H and O–H groups in total. The molecule has 11 heavy (non-hydrogen) atoms. The lowest BCUT2D eigenvalue weighted by atomic mass is 10.0. The molecule has 0 radical (unpaired) electrons. The highest BCUT2D eigenvalue weighted by atomic mass is 16.2. The summed E-state index contributed by atoms with van der Waals surface area (Å²) in [5.74, 6) is 0.836. The van der Waals surface area contributed by atoms with Gasteiger partial charge in [0.05, 0.1) is 6.26 Å². The topological polar surface area (TPSA) is 20.2 Å². The molecule has 0 aliphatic heterocycles. The largest absolute Gasteiger partial charge is 0.516 e. The maximum Gasteiger partial charge on any atom is 0.0751 e. The molecule has 0 saturated heterocycles. The second kappa shape index (κ2) is 7.64. The maximum absolute atomic E-state index is 8.33. The summed E-state index contributed by atoms with van der Waals surface area (Å²) in [7, 11) is 0. The van der Waals surface area contributed by atoms with Crippen molar-refractivity contribution in [1.82, 2.24) is 0 Å². The minimum Gasteiger partial charge on any atom is -0.516 e. The lowest BCUT2D eigenvalue weighted by molar-refractivity contribution is 0.469. The van der Waals surface area contributed by atoms with Gasteiger partial charge in [0.2, 0.25) is 0 Å². The number of allylic oxidation sites excluding steroid dienone is 1. The minimum absolute atomic E-state index is 0.836. The Labute approximate surface area is 70.1 Å². The van der Waals surface area contributed by atoms with Gasteiger partial charge in [-0.15, -0.1) is 0 Å². The van der Waals surface area contributed by atoms with Crippen LogP contribution in [0.5, 0.6) is 0 Å². The highest BCUT2D eigenvalue weighted by molar-refractivity contribution is 4.70. The van der Waals surface area contributed by atoms with Crippen molar-refractivity contribution in [2.24, 2.45) is 5.92 Å². The predicted octanol–water partition coefficient (Wildman–Crippen LogP) is 3.66. The fraction of sp³-hybridized carbons (Fsp3) is 0.800. The molecule has 0 atom stereocenters. The molecule has 0 aromatic rings. The molecule has 0 aromatic carbocycles. The molecule has 0 spiro atoms. The first-order valence-electron chi connectivity index (χ1n) is 4.56. The van der Waals surface area contributed by atoms with E-state index in [-0.39, 0.29) is 0 Å². The molecule has 0 aliphatic carbocycles. The Morgan fingerprint density at radius 1 is 1.18 bits per heavy atom. The van der Waals surface area contributed by atoms with Crippen LogP contribution in [0.2, 0.25) is 0 Å². The summed E-state index contributed by atoms with van der Waals surface area (Å²) >= 11 is 0. The first-order chi connectivity index (χ1) is 5.27. The van der Waals surface area contributed by atoms with Crippen LogP contribution >= 0.6 is 0 Å². The molecule has 0 saturated carbocycles. The Bertz CT molecular complexity index is 95.0. The van der Waals surface area contributed by atoms with Gasteiger partial charge in [0.1, 0.15) is 0 Å².